The fraction of sp³-hybridized carbons (Fsp3) is 0.381. The molecular formula is C21H25ClNO2-. The van der Waals surface area contributed by atoms with Gasteiger partial charge in [0.05, 0.1) is 12.5 Å². The van der Waals surface area contributed by atoms with Gasteiger partial charge < -0.3 is 17.1 Å². The number of piperidine rings is 1. The van der Waals surface area contributed by atoms with Gasteiger partial charge >= 0.3 is 5.97 Å². The van der Waals surface area contributed by atoms with Crippen LogP contribution in [0.3, 0.4) is 0 Å². The lowest BCUT2D eigenvalue weighted by Gasteiger charge is -2.37. The van der Waals surface area contributed by atoms with Crippen molar-refractivity contribution in [1.29, 1.82) is 0 Å². The van der Waals surface area contributed by atoms with Gasteiger partial charge in [-0.2, -0.15) is 0 Å². The van der Waals surface area contributed by atoms with E-state index in [1.54, 1.807) is 0 Å². The van der Waals surface area contributed by atoms with E-state index in [2.05, 4.69) is 41.3 Å². The van der Waals surface area contributed by atoms with Crippen molar-refractivity contribution < 1.29 is 21.9 Å². The van der Waals surface area contributed by atoms with Crippen molar-refractivity contribution in [3.8, 4) is 0 Å². The van der Waals surface area contributed by atoms with E-state index in [0.717, 1.165) is 26.1 Å². The van der Waals surface area contributed by atoms with Crippen LogP contribution in [-0.4, -0.2) is 30.6 Å². The second-order valence-electron chi connectivity index (χ2n) is 6.39. The third kappa shape index (κ3) is 5.07. The number of ether oxygens (including phenoxy) is 1. The van der Waals surface area contributed by atoms with Crippen molar-refractivity contribution in [1.82, 2.24) is 4.90 Å². The Bertz CT molecular complexity index is 647. The van der Waals surface area contributed by atoms with Gasteiger partial charge in [-0.3, -0.25) is 9.69 Å². The lowest BCUT2D eigenvalue weighted by molar-refractivity contribution is -0.150. The van der Waals surface area contributed by atoms with Crippen molar-refractivity contribution in [3.63, 3.8) is 0 Å². The minimum atomic E-state index is -0.0503. The van der Waals surface area contributed by atoms with E-state index in [1.165, 1.54) is 11.1 Å². The van der Waals surface area contributed by atoms with Crippen molar-refractivity contribution in [2.75, 3.05) is 19.7 Å². The van der Waals surface area contributed by atoms with Gasteiger partial charge in [0, 0.05) is 19.0 Å². The highest BCUT2D eigenvalue weighted by Crippen LogP contribution is 2.34. The van der Waals surface area contributed by atoms with Crippen molar-refractivity contribution in [3.05, 3.63) is 71.8 Å². The van der Waals surface area contributed by atoms with E-state index in [1.807, 2.05) is 31.2 Å². The Morgan fingerprint density at radius 1 is 1.08 bits per heavy atom. The highest BCUT2D eigenvalue weighted by Gasteiger charge is 2.35. The molecule has 0 aromatic heterocycles. The number of hydrogen-bond acceptors (Lipinski definition) is 3. The first-order valence-corrected chi connectivity index (χ1v) is 8.75. The molecule has 25 heavy (non-hydrogen) atoms. The van der Waals surface area contributed by atoms with Crippen LogP contribution < -0.4 is 12.4 Å². The first-order valence-electron chi connectivity index (χ1n) is 8.75. The Labute approximate surface area is 156 Å². The maximum Gasteiger partial charge on any atom is 0.309 e. The van der Waals surface area contributed by atoms with E-state index >= 15 is 0 Å². The molecular weight excluding hydrogens is 334 g/mol. The molecule has 1 saturated heterocycles. The normalized spacial score (nSPS) is 20.5. The zero-order valence-corrected chi connectivity index (χ0v) is 15.4. The van der Waals surface area contributed by atoms with E-state index in [-0.39, 0.29) is 30.2 Å². The summed E-state index contributed by atoms with van der Waals surface area (Å²) in [6.45, 7) is 5.08. The average molecular weight is 359 g/mol. The molecule has 2 aromatic rings. The fourth-order valence-corrected chi connectivity index (χ4v) is 3.57. The summed E-state index contributed by atoms with van der Waals surface area (Å²) in [5, 5.41) is 0. The zero-order chi connectivity index (χ0) is 16.8. The first-order chi connectivity index (χ1) is 11.8. The quantitative estimate of drug-likeness (QED) is 0.742. The summed E-state index contributed by atoms with van der Waals surface area (Å²) in [4.78, 5) is 14.9. The van der Waals surface area contributed by atoms with Gasteiger partial charge in [0.2, 0.25) is 0 Å². The van der Waals surface area contributed by atoms with Crippen LogP contribution in [0.15, 0.2) is 60.7 Å². The second kappa shape index (κ2) is 9.59. The Kier molecular flexibility index (Phi) is 7.48. The largest absolute Gasteiger partial charge is 1.00 e. The van der Waals surface area contributed by atoms with Crippen LogP contribution in [0.5, 0.6) is 0 Å². The lowest BCUT2D eigenvalue weighted by Crippen LogP contribution is -3.00. The van der Waals surface area contributed by atoms with Crippen LogP contribution >= 0.6 is 0 Å². The molecule has 0 radical (unpaired) electrons. The maximum absolute atomic E-state index is 12.4. The Balaban J connectivity index is 0.00000225. The number of benzene rings is 2. The molecule has 3 rings (SSSR count). The maximum atomic E-state index is 12.4. The molecule has 1 heterocycles. The molecule has 0 aliphatic carbocycles. The van der Waals surface area contributed by atoms with E-state index in [4.69, 9.17) is 4.74 Å². The number of esters is 1. The van der Waals surface area contributed by atoms with E-state index in [0.29, 0.717) is 6.61 Å². The molecule has 3 nitrogen and oxygen atoms in total. The monoisotopic (exact) mass is 358 g/mol. The van der Waals surface area contributed by atoms with E-state index < -0.39 is 0 Å². The van der Waals surface area contributed by atoms with Gasteiger partial charge in [-0.15, -0.1) is 0 Å². The third-order valence-corrected chi connectivity index (χ3v) is 4.76. The van der Waals surface area contributed by atoms with Gasteiger partial charge in [-0.05, 0) is 31.0 Å². The van der Waals surface area contributed by atoms with Gasteiger partial charge in [0.25, 0.3) is 0 Å². The van der Waals surface area contributed by atoms with Crippen molar-refractivity contribution in [2.24, 2.45) is 5.92 Å². The Morgan fingerprint density at radius 3 is 2.36 bits per heavy atom. The third-order valence-electron chi connectivity index (χ3n) is 4.76. The molecule has 2 aromatic carbocycles. The van der Waals surface area contributed by atoms with Crippen LogP contribution in [0.4, 0.5) is 0 Å². The molecule has 0 unspecified atom stereocenters. The molecule has 0 amide bonds. The molecule has 134 valence electrons. The molecule has 1 aliphatic heterocycles. The molecule has 1 fully saturated rings. The highest BCUT2D eigenvalue weighted by atomic mass is 35.5. The summed E-state index contributed by atoms with van der Waals surface area (Å²) in [6, 6.07) is 20.9. The molecule has 0 N–H and O–H groups in total. The van der Waals surface area contributed by atoms with Crippen LogP contribution in [0.1, 0.15) is 30.4 Å². The molecule has 1 aliphatic rings. The fourth-order valence-electron chi connectivity index (χ4n) is 3.57. The van der Waals surface area contributed by atoms with Crippen LogP contribution in [0, 0.1) is 5.92 Å². The number of carbonyl (C=O) groups excluding carboxylic acids is 1. The van der Waals surface area contributed by atoms with Crippen molar-refractivity contribution >= 4 is 5.97 Å². The first kappa shape index (κ1) is 19.5. The lowest BCUT2D eigenvalue weighted by atomic mass is 9.80. The standard InChI is InChI=1S/C21H25NO2.ClH/c1-2-24-21(23)19-13-14-22(15-17-9-5-3-6-10-17)16-20(19)18-11-7-4-8-12-18;/h3-12,19-20H,2,13-16H2,1H3;1H/p-1/t19-,20+;/m1./s1. The molecule has 2 atom stereocenters. The topological polar surface area (TPSA) is 29.5 Å². The minimum absolute atomic E-state index is 0. The van der Waals surface area contributed by atoms with Gasteiger partial charge in [-0.25, -0.2) is 0 Å². The Hall–Kier alpha value is -1.84. The molecule has 0 bridgehead atoms. The van der Waals surface area contributed by atoms with Crippen molar-refractivity contribution in [2.45, 2.75) is 25.8 Å². The highest BCUT2D eigenvalue weighted by molar-refractivity contribution is 5.74. The molecule has 4 heteroatoms. The summed E-state index contributed by atoms with van der Waals surface area (Å²) in [5.74, 6) is 0.104. The predicted molar refractivity (Wildman–Crippen MR) is 95.6 cm³/mol. The number of hydrogen-bond donors (Lipinski definition) is 0. The molecule has 0 saturated carbocycles. The summed E-state index contributed by atoms with van der Waals surface area (Å²) in [5.41, 5.74) is 2.55. The van der Waals surface area contributed by atoms with Gasteiger partial charge in [0.1, 0.15) is 0 Å². The number of carbonyl (C=O) groups is 1. The number of rotatable bonds is 5. The zero-order valence-electron chi connectivity index (χ0n) is 14.6. The van der Waals surface area contributed by atoms with Crippen LogP contribution in [-0.2, 0) is 16.1 Å². The van der Waals surface area contributed by atoms with Crippen LogP contribution in [0.25, 0.3) is 0 Å². The van der Waals surface area contributed by atoms with E-state index in [9.17, 15) is 4.79 Å². The number of nitrogens with zero attached hydrogens (tertiary/aromatic N) is 1. The number of likely N-dealkylation sites (tertiary alicyclic amines) is 1. The predicted octanol–water partition coefficient (Wildman–Crippen LogP) is 0.859. The van der Waals surface area contributed by atoms with Crippen LogP contribution in [0.2, 0.25) is 0 Å². The summed E-state index contributed by atoms with van der Waals surface area (Å²) < 4.78 is 5.33. The van der Waals surface area contributed by atoms with Gasteiger partial charge in [0.15, 0.2) is 0 Å². The summed E-state index contributed by atoms with van der Waals surface area (Å²) in [6.07, 6.45) is 0.852. The summed E-state index contributed by atoms with van der Waals surface area (Å²) >= 11 is 0. The SMILES string of the molecule is CCOC(=O)[C@@H]1CCN(Cc2ccccc2)C[C@H]1c1ccccc1.[Cl-]. The average Bonchev–Trinajstić information content (AvgIpc) is 2.63. The smallest absolute Gasteiger partial charge is 0.309 e. The summed E-state index contributed by atoms with van der Waals surface area (Å²) in [7, 11) is 0. The Morgan fingerprint density at radius 2 is 1.72 bits per heavy atom. The number of halogens is 1. The van der Waals surface area contributed by atoms with Gasteiger partial charge in [-0.1, -0.05) is 60.7 Å². The second-order valence-corrected chi connectivity index (χ2v) is 6.39. The molecule has 0 spiro atoms. The minimum Gasteiger partial charge on any atom is -1.00 e.